The van der Waals surface area contributed by atoms with Crippen molar-refractivity contribution < 1.29 is 5.73 Å². The molecule has 0 aliphatic carbocycles. The van der Waals surface area contributed by atoms with Gasteiger partial charge in [0.15, 0.2) is 0 Å². The predicted molar refractivity (Wildman–Crippen MR) is 37.2 cm³/mol. The average molecular weight is 134 g/mol. The largest absolute Gasteiger partial charge is 0.332 e. The summed E-state index contributed by atoms with van der Waals surface area (Å²) in [6.45, 7) is 1.55. The van der Waals surface area contributed by atoms with Gasteiger partial charge in [-0.25, -0.2) is 0 Å². The second-order valence-corrected chi connectivity index (χ2v) is 1.98. The van der Waals surface area contributed by atoms with Gasteiger partial charge in [0.2, 0.25) is 0 Å². The summed E-state index contributed by atoms with van der Waals surface area (Å²) in [4.78, 5) is 0. The number of thiocarbonyl (C=S) groups is 1. The Labute approximate surface area is 54.4 Å². The fraction of sp³-hybridized carbons (Fsp3) is 0.750. The summed E-state index contributed by atoms with van der Waals surface area (Å²) in [6.07, 6.45) is 0.954. The molecule has 0 aliphatic rings. The van der Waals surface area contributed by atoms with E-state index in [9.17, 15) is 0 Å². The van der Waals surface area contributed by atoms with Gasteiger partial charge in [-0.05, 0) is 13.0 Å². The van der Waals surface area contributed by atoms with Crippen LogP contribution in [0.1, 0.15) is 6.42 Å². The van der Waals surface area contributed by atoms with Gasteiger partial charge in [0.25, 0.3) is 5.11 Å². The van der Waals surface area contributed by atoms with Crippen molar-refractivity contribution in [3.05, 3.63) is 0 Å². The van der Waals surface area contributed by atoms with Crippen LogP contribution in [0.4, 0.5) is 0 Å². The van der Waals surface area contributed by atoms with Gasteiger partial charge in [-0.2, -0.15) is 0 Å². The van der Waals surface area contributed by atoms with E-state index in [1.54, 1.807) is 0 Å². The molecular formula is C4H12N3S+. The van der Waals surface area contributed by atoms with Crippen molar-refractivity contribution in [1.29, 1.82) is 0 Å². The molecule has 0 heterocycles. The normalized spacial score (nSPS) is 8.75. The zero-order chi connectivity index (χ0) is 6.41. The van der Waals surface area contributed by atoms with Crippen LogP contribution in [0.25, 0.3) is 0 Å². The zero-order valence-electron chi connectivity index (χ0n) is 4.81. The van der Waals surface area contributed by atoms with Gasteiger partial charge >= 0.3 is 0 Å². The van der Waals surface area contributed by atoms with E-state index in [1.807, 2.05) is 0 Å². The average Bonchev–Trinajstić information content (AvgIpc) is 1.66. The molecule has 0 amide bonds. The van der Waals surface area contributed by atoms with Gasteiger partial charge in [-0.1, -0.05) is 0 Å². The predicted octanol–water partition coefficient (Wildman–Crippen LogP) is -1.55. The molecule has 0 aliphatic heterocycles. The maximum atomic E-state index is 5.21. The van der Waals surface area contributed by atoms with E-state index in [1.165, 1.54) is 0 Å². The fourth-order valence-corrected chi connectivity index (χ4v) is 0.432. The summed E-state index contributed by atoms with van der Waals surface area (Å²) in [5.41, 5.74) is 8.70. The first kappa shape index (κ1) is 7.81. The van der Waals surface area contributed by atoms with Crippen LogP contribution in [0.3, 0.4) is 0 Å². The lowest BCUT2D eigenvalue weighted by atomic mass is 10.4. The molecule has 3 nitrogen and oxygen atoms in total. The fourth-order valence-electron chi connectivity index (χ4n) is 0.330. The van der Waals surface area contributed by atoms with Crippen molar-refractivity contribution in [2.24, 2.45) is 5.73 Å². The Balaban J connectivity index is 2.82. The minimum atomic E-state index is 0.596. The summed E-state index contributed by atoms with van der Waals surface area (Å²) in [5.74, 6) is 0. The highest BCUT2D eigenvalue weighted by molar-refractivity contribution is 7.79. The first-order chi connectivity index (χ1) is 3.77. The van der Waals surface area contributed by atoms with Gasteiger partial charge in [0, 0.05) is 18.8 Å². The minimum absolute atomic E-state index is 0.596. The lowest BCUT2D eigenvalue weighted by Crippen LogP contribution is -2.62. The summed E-state index contributed by atoms with van der Waals surface area (Å²) in [5, 5.41) is 3.48. The van der Waals surface area contributed by atoms with E-state index >= 15 is 0 Å². The molecular weight excluding hydrogens is 122 g/mol. The van der Waals surface area contributed by atoms with E-state index < -0.39 is 0 Å². The van der Waals surface area contributed by atoms with Crippen molar-refractivity contribution in [3.63, 3.8) is 0 Å². The highest BCUT2D eigenvalue weighted by atomic mass is 32.1. The van der Waals surface area contributed by atoms with Crippen molar-refractivity contribution >= 4 is 17.3 Å². The quantitative estimate of drug-likeness (QED) is 0.323. The number of nitrogens with two attached hydrogens (primary N) is 1. The Bertz CT molecular complexity index is 73.7. The molecule has 6 N–H and O–H groups in total. The smallest absolute Gasteiger partial charge is 0.264 e. The molecule has 0 atom stereocenters. The summed E-state index contributed by atoms with van der Waals surface area (Å²) in [6, 6.07) is 0. The van der Waals surface area contributed by atoms with Gasteiger partial charge in [-0.15, -0.1) is 0 Å². The van der Waals surface area contributed by atoms with Crippen LogP contribution in [-0.4, -0.2) is 18.2 Å². The SMILES string of the molecule is NCCCNC([NH3+])=S. The van der Waals surface area contributed by atoms with Crippen molar-refractivity contribution in [3.8, 4) is 0 Å². The van der Waals surface area contributed by atoms with Gasteiger partial charge in [0.05, 0.1) is 0 Å². The molecule has 0 radical (unpaired) electrons. The van der Waals surface area contributed by atoms with Gasteiger partial charge in [-0.3, -0.25) is 0 Å². The Hall–Kier alpha value is -0.190. The lowest BCUT2D eigenvalue weighted by Gasteiger charge is -1.95. The number of hydrogen-bond acceptors (Lipinski definition) is 2. The molecule has 0 saturated heterocycles. The van der Waals surface area contributed by atoms with E-state index in [-0.39, 0.29) is 0 Å². The van der Waals surface area contributed by atoms with Crippen LogP contribution in [0.2, 0.25) is 0 Å². The summed E-state index contributed by atoms with van der Waals surface area (Å²) < 4.78 is 0. The molecule has 48 valence electrons. The minimum Gasteiger partial charge on any atom is -0.332 e. The van der Waals surface area contributed by atoms with E-state index in [2.05, 4.69) is 23.3 Å². The van der Waals surface area contributed by atoms with Crippen LogP contribution in [0.15, 0.2) is 0 Å². The molecule has 8 heavy (non-hydrogen) atoms. The molecule has 0 aromatic carbocycles. The number of nitrogens with one attached hydrogen (secondary N) is 1. The van der Waals surface area contributed by atoms with Crippen LogP contribution in [0.5, 0.6) is 0 Å². The Kier molecular flexibility index (Phi) is 4.84. The Morgan fingerprint density at radius 3 is 2.75 bits per heavy atom. The molecule has 0 saturated carbocycles. The summed E-state index contributed by atoms with van der Waals surface area (Å²) >= 11 is 4.65. The molecule has 0 aromatic rings. The number of hydrogen-bond donors (Lipinski definition) is 3. The number of rotatable bonds is 3. The zero-order valence-corrected chi connectivity index (χ0v) is 5.63. The Morgan fingerprint density at radius 2 is 2.38 bits per heavy atom. The van der Waals surface area contributed by atoms with Crippen LogP contribution >= 0.6 is 12.2 Å². The first-order valence-electron chi connectivity index (χ1n) is 2.57. The van der Waals surface area contributed by atoms with E-state index in [4.69, 9.17) is 5.73 Å². The third-order valence-corrected chi connectivity index (χ3v) is 0.847. The molecule has 0 fully saturated rings. The van der Waals surface area contributed by atoms with Crippen molar-refractivity contribution in [2.75, 3.05) is 13.1 Å². The van der Waals surface area contributed by atoms with Crippen molar-refractivity contribution in [2.45, 2.75) is 6.42 Å². The molecule has 0 spiro atoms. The molecule has 4 heteroatoms. The molecule has 0 aromatic heterocycles. The monoisotopic (exact) mass is 134 g/mol. The molecule has 0 rings (SSSR count). The molecule has 0 unspecified atom stereocenters. The van der Waals surface area contributed by atoms with Gasteiger partial charge in [0.1, 0.15) is 0 Å². The van der Waals surface area contributed by atoms with E-state index in [0.29, 0.717) is 11.7 Å². The number of quaternary nitrogens is 1. The highest BCUT2D eigenvalue weighted by Gasteiger charge is 1.86. The van der Waals surface area contributed by atoms with E-state index in [0.717, 1.165) is 13.0 Å². The third-order valence-electron chi connectivity index (χ3n) is 0.703. The van der Waals surface area contributed by atoms with Crippen molar-refractivity contribution in [1.82, 2.24) is 5.32 Å². The standard InChI is InChI=1S/C4H11N3S/c5-2-1-3-7-4(6)8/h1-3,5H2,(H3,6,7,8)/p+1. The highest BCUT2D eigenvalue weighted by Crippen LogP contribution is 1.66. The summed E-state index contributed by atoms with van der Waals surface area (Å²) in [7, 11) is 0. The molecule has 0 bridgehead atoms. The lowest BCUT2D eigenvalue weighted by molar-refractivity contribution is -0.215. The Morgan fingerprint density at radius 1 is 1.75 bits per heavy atom. The van der Waals surface area contributed by atoms with Gasteiger partial charge < -0.3 is 16.8 Å². The van der Waals surface area contributed by atoms with Crippen LogP contribution in [0, 0.1) is 0 Å². The first-order valence-corrected chi connectivity index (χ1v) is 2.98. The maximum absolute atomic E-state index is 5.21. The maximum Gasteiger partial charge on any atom is 0.264 e. The topological polar surface area (TPSA) is 65.7 Å². The van der Waals surface area contributed by atoms with Crippen LogP contribution < -0.4 is 16.8 Å². The second-order valence-electron chi connectivity index (χ2n) is 1.49. The second kappa shape index (κ2) is 4.96. The van der Waals surface area contributed by atoms with Crippen LogP contribution in [-0.2, 0) is 0 Å². The third kappa shape index (κ3) is 5.81.